The number of pyridine rings is 1. The van der Waals surface area contributed by atoms with Gasteiger partial charge in [0.2, 0.25) is 5.43 Å². The average Bonchev–Trinajstić information content (AvgIpc) is 3.54. The Balaban J connectivity index is 1.62. The van der Waals surface area contributed by atoms with Gasteiger partial charge in [0.25, 0.3) is 11.8 Å². The van der Waals surface area contributed by atoms with Crippen LogP contribution in [0, 0.1) is 11.6 Å². The number of hydrogen-bond donors (Lipinski definition) is 1. The van der Waals surface area contributed by atoms with Crippen molar-refractivity contribution in [3.63, 3.8) is 0 Å². The highest BCUT2D eigenvalue weighted by Gasteiger charge is 2.53. The van der Waals surface area contributed by atoms with Crippen LogP contribution in [0.4, 0.5) is 8.78 Å². The van der Waals surface area contributed by atoms with Crippen molar-refractivity contribution in [3.05, 3.63) is 99.0 Å². The lowest BCUT2D eigenvalue weighted by molar-refractivity contribution is 0.0303. The molecule has 0 radical (unpaired) electrons. The molecule has 0 aliphatic carbocycles. The molecular formula is C32H37F2N4O8P. The maximum absolute atomic E-state index is 14.3. The fraction of sp³-hybridized carbons (Fsp3) is 0.406. The van der Waals surface area contributed by atoms with Crippen molar-refractivity contribution < 1.29 is 41.5 Å². The van der Waals surface area contributed by atoms with Crippen LogP contribution < -0.4 is 20.5 Å². The van der Waals surface area contributed by atoms with Gasteiger partial charge in [-0.2, -0.15) is 0 Å². The summed E-state index contributed by atoms with van der Waals surface area (Å²) >= 11 is 0. The fourth-order valence-corrected chi connectivity index (χ4v) is 7.31. The van der Waals surface area contributed by atoms with E-state index in [0.717, 1.165) is 6.07 Å². The normalized spacial score (nSPS) is 17.7. The molecule has 12 nitrogen and oxygen atoms in total. The topological polar surface area (TPSA) is 129 Å². The number of aromatic nitrogens is 1. The van der Waals surface area contributed by atoms with Gasteiger partial charge in [-0.3, -0.25) is 28.6 Å². The van der Waals surface area contributed by atoms with Crippen LogP contribution in [0.2, 0.25) is 0 Å². The molecule has 2 aliphatic heterocycles. The zero-order chi connectivity index (χ0) is 33.8. The summed E-state index contributed by atoms with van der Waals surface area (Å²) in [7, 11) is -2.00. The zero-order valence-electron chi connectivity index (χ0n) is 26.4. The summed E-state index contributed by atoms with van der Waals surface area (Å²) in [5.41, 5.74) is -1.77. The first-order chi connectivity index (χ1) is 22.5. The lowest BCUT2D eigenvalue weighted by Crippen LogP contribution is -2.70. The second-order valence-corrected chi connectivity index (χ2v) is 13.2. The van der Waals surface area contributed by atoms with E-state index in [4.69, 9.17) is 18.5 Å². The van der Waals surface area contributed by atoms with Gasteiger partial charge in [-0.1, -0.05) is 36.4 Å². The quantitative estimate of drug-likeness (QED) is 0.267. The Morgan fingerprint density at radius 1 is 1.09 bits per heavy atom. The van der Waals surface area contributed by atoms with E-state index in [1.54, 1.807) is 50.2 Å². The number of nitrogens with zero attached hydrogens (tertiary/aromatic N) is 3. The summed E-state index contributed by atoms with van der Waals surface area (Å²) in [5.74, 6) is -3.44. The molecule has 1 atom stereocenters. The number of carbonyl (C=O) groups is 2. The van der Waals surface area contributed by atoms with Crippen molar-refractivity contribution in [1.82, 2.24) is 14.9 Å². The molecule has 15 heteroatoms. The Morgan fingerprint density at radius 2 is 1.81 bits per heavy atom. The van der Waals surface area contributed by atoms with E-state index in [1.165, 1.54) is 21.8 Å². The lowest BCUT2D eigenvalue weighted by atomic mass is 10.0. The third-order valence-corrected chi connectivity index (χ3v) is 10.2. The Hall–Kier alpha value is -4.10. The largest absolute Gasteiger partial charge is 0.482 e. The van der Waals surface area contributed by atoms with E-state index in [1.807, 2.05) is 6.07 Å². The van der Waals surface area contributed by atoms with Gasteiger partial charge in [0, 0.05) is 44.4 Å². The van der Waals surface area contributed by atoms with E-state index < -0.39 is 47.7 Å². The van der Waals surface area contributed by atoms with E-state index >= 15 is 0 Å². The molecule has 0 saturated carbocycles. The molecule has 47 heavy (non-hydrogen) atoms. The van der Waals surface area contributed by atoms with Crippen molar-refractivity contribution in [2.24, 2.45) is 0 Å². The molecule has 3 aromatic rings. The van der Waals surface area contributed by atoms with Gasteiger partial charge in [0.15, 0.2) is 17.1 Å². The minimum absolute atomic E-state index is 0.00134. The third-order valence-electron chi connectivity index (χ3n) is 8.16. The number of fused-ring (bicyclic) bond motifs is 1. The minimum Gasteiger partial charge on any atom is -0.482 e. The molecule has 2 aromatic carbocycles. The van der Waals surface area contributed by atoms with Crippen LogP contribution in [0.5, 0.6) is 5.75 Å². The van der Waals surface area contributed by atoms with Gasteiger partial charge >= 0.3 is 7.60 Å². The van der Waals surface area contributed by atoms with Gasteiger partial charge in [-0.15, -0.1) is 0 Å². The Morgan fingerprint density at radius 3 is 2.45 bits per heavy atom. The number of likely N-dealkylation sites (N-methyl/N-ethyl adjacent to an activating group) is 1. The number of amides is 2. The highest BCUT2D eigenvalue weighted by atomic mass is 31.2. The molecule has 1 N–H and O–H groups in total. The summed E-state index contributed by atoms with van der Waals surface area (Å²) in [6.07, 6.45) is 1.50. The van der Waals surface area contributed by atoms with Crippen molar-refractivity contribution >= 4 is 19.4 Å². The predicted molar refractivity (Wildman–Crippen MR) is 168 cm³/mol. The Kier molecular flexibility index (Phi) is 10.5. The monoisotopic (exact) mass is 674 g/mol. The van der Waals surface area contributed by atoms with Crippen LogP contribution in [0.3, 0.4) is 0 Å². The SMILES string of the molecule is CCOP(=O)(CCN1n2cc(C(=O)NCc3ccc(F)cc3F)c(=O)c(OCc3ccccc3)c2C(=O)N(C)[C@@]12CCOC2)OCC. The lowest BCUT2D eigenvalue weighted by Gasteiger charge is -2.52. The van der Waals surface area contributed by atoms with E-state index in [2.05, 4.69) is 5.32 Å². The van der Waals surface area contributed by atoms with E-state index in [-0.39, 0.29) is 62.7 Å². The second-order valence-electron chi connectivity index (χ2n) is 11.0. The van der Waals surface area contributed by atoms with Crippen LogP contribution >= 0.6 is 7.60 Å². The molecule has 2 amide bonds. The number of halogens is 2. The van der Waals surface area contributed by atoms with Crippen LogP contribution in [0.15, 0.2) is 59.5 Å². The number of ether oxygens (including phenoxy) is 2. The van der Waals surface area contributed by atoms with E-state index in [9.17, 15) is 27.7 Å². The molecule has 0 bridgehead atoms. The molecule has 252 valence electrons. The van der Waals surface area contributed by atoms with Crippen molar-refractivity contribution in [1.29, 1.82) is 0 Å². The first kappa shape index (κ1) is 34.2. The minimum atomic E-state index is -3.58. The zero-order valence-corrected chi connectivity index (χ0v) is 27.3. The second kappa shape index (κ2) is 14.3. The van der Waals surface area contributed by atoms with E-state index in [0.29, 0.717) is 24.7 Å². The number of benzene rings is 2. The number of hydrogen-bond acceptors (Lipinski definition) is 9. The van der Waals surface area contributed by atoms with Crippen molar-refractivity contribution in [2.75, 3.05) is 51.2 Å². The fourth-order valence-electron chi connectivity index (χ4n) is 5.75. The van der Waals surface area contributed by atoms with Crippen LogP contribution in [0.1, 0.15) is 52.2 Å². The smallest absolute Gasteiger partial charge is 0.332 e. The molecule has 2 aliphatic rings. The molecule has 3 heterocycles. The molecule has 0 unspecified atom stereocenters. The van der Waals surface area contributed by atoms with Crippen LogP contribution in [0.25, 0.3) is 0 Å². The molecule has 5 rings (SSSR count). The highest BCUT2D eigenvalue weighted by molar-refractivity contribution is 7.53. The van der Waals surface area contributed by atoms with Crippen molar-refractivity contribution in [3.8, 4) is 5.75 Å². The molecule has 1 spiro atoms. The molecule has 1 saturated heterocycles. The third kappa shape index (κ3) is 6.96. The maximum atomic E-state index is 14.3. The Bertz CT molecular complexity index is 1720. The number of nitrogens with one attached hydrogen (secondary N) is 1. The van der Waals surface area contributed by atoms with Crippen LogP contribution in [-0.2, 0) is 31.5 Å². The van der Waals surface area contributed by atoms with Gasteiger partial charge < -0.3 is 28.7 Å². The molecule has 1 aromatic heterocycles. The number of rotatable bonds is 13. The molecular weight excluding hydrogens is 637 g/mol. The van der Waals surface area contributed by atoms with Crippen LogP contribution in [-0.4, -0.2) is 73.2 Å². The summed E-state index contributed by atoms with van der Waals surface area (Å²) < 4.78 is 65.6. The maximum Gasteiger partial charge on any atom is 0.332 e. The van der Waals surface area contributed by atoms with Gasteiger partial charge in [-0.25, -0.2) is 8.78 Å². The summed E-state index contributed by atoms with van der Waals surface area (Å²) in [5, 5.41) is 4.23. The Labute approximate surface area is 270 Å². The average molecular weight is 675 g/mol. The van der Waals surface area contributed by atoms with Gasteiger partial charge in [0.05, 0.1) is 32.6 Å². The summed E-state index contributed by atoms with van der Waals surface area (Å²) in [6, 6.07) is 11.9. The molecule has 1 fully saturated rings. The van der Waals surface area contributed by atoms with Gasteiger partial charge in [-0.05, 0) is 25.5 Å². The highest BCUT2D eigenvalue weighted by Crippen LogP contribution is 2.48. The number of carbonyl (C=O) groups excluding carboxylic acids is 2. The first-order valence-electron chi connectivity index (χ1n) is 15.2. The first-order valence-corrected chi connectivity index (χ1v) is 17.0. The van der Waals surface area contributed by atoms with Gasteiger partial charge in [0.1, 0.15) is 23.8 Å². The summed E-state index contributed by atoms with van der Waals surface area (Å²) in [6.45, 7) is 3.65. The predicted octanol–water partition coefficient (Wildman–Crippen LogP) is 4.04. The van der Waals surface area contributed by atoms with Crippen molar-refractivity contribution in [2.45, 2.75) is 39.1 Å². The standard InChI is InChI=1S/C32H37F2N4O8P/c1-4-45-47(42,46-5-2)16-14-38-32(13-15-43-21-32)36(3)31(41)27-29(44-20-22-9-7-6-8-10-22)28(39)25(19-37(27)38)30(40)35-18-23-11-12-24(33)17-26(23)34/h6-12,17,19H,4-5,13-16,18,20-21H2,1-3H3,(H,35,40)/t32-/m0/s1. The summed E-state index contributed by atoms with van der Waals surface area (Å²) in [4.78, 5) is 43.1.